The van der Waals surface area contributed by atoms with Crippen LogP contribution in [0.4, 0.5) is 11.5 Å². The van der Waals surface area contributed by atoms with E-state index in [0.717, 1.165) is 0 Å². The van der Waals surface area contributed by atoms with E-state index in [4.69, 9.17) is 11.5 Å². The Morgan fingerprint density at radius 3 is 2.65 bits per heavy atom. The molecule has 0 bridgehead atoms. The highest BCUT2D eigenvalue weighted by Gasteiger charge is 2.16. The van der Waals surface area contributed by atoms with Crippen LogP contribution in [0.15, 0.2) is 12.3 Å². The predicted molar refractivity (Wildman–Crippen MR) is 64.3 cm³/mol. The van der Waals surface area contributed by atoms with Crippen LogP contribution >= 0.6 is 0 Å². The number of likely N-dealkylation sites (N-methyl/N-ethyl adjacent to an activating group) is 1. The van der Waals surface area contributed by atoms with Crippen molar-refractivity contribution in [2.24, 2.45) is 5.73 Å². The largest absolute Gasteiger partial charge is 0.397 e. The molecule has 0 aliphatic heterocycles. The topological polar surface area (TPSA) is 123 Å². The smallest absolute Gasteiger partial charge is 0.252 e. The molecule has 1 atom stereocenters. The number of anilines is 2. The molecule has 2 amide bonds. The van der Waals surface area contributed by atoms with Crippen LogP contribution in [0.1, 0.15) is 17.3 Å². The third-order valence-corrected chi connectivity index (χ3v) is 2.17. The van der Waals surface area contributed by atoms with Crippen LogP contribution in [0.2, 0.25) is 0 Å². The predicted octanol–water partition coefficient (Wildman–Crippen LogP) is -0.691. The summed E-state index contributed by atoms with van der Waals surface area (Å²) in [5, 5.41) is 5.27. The second-order valence-corrected chi connectivity index (χ2v) is 3.51. The van der Waals surface area contributed by atoms with Crippen molar-refractivity contribution >= 4 is 23.3 Å². The number of rotatable bonds is 4. The fourth-order valence-electron chi connectivity index (χ4n) is 1.27. The van der Waals surface area contributed by atoms with Gasteiger partial charge in [0.05, 0.1) is 17.4 Å². The first-order valence-electron chi connectivity index (χ1n) is 4.99. The Morgan fingerprint density at radius 2 is 2.12 bits per heavy atom. The van der Waals surface area contributed by atoms with Crippen molar-refractivity contribution < 1.29 is 9.59 Å². The van der Waals surface area contributed by atoms with Gasteiger partial charge in [-0.05, 0) is 13.0 Å². The summed E-state index contributed by atoms with van der Waals surface area (Å²) in [6.07, 6.45) is 1.38. The highest BCUT2D eigenvalue weighted by molar-refractivity contribution is 5.99. The average Bonchev–Trinajstić information content (AvgIpc) is 2.29. The number of nitrogens with one attached hydrogen (secondary N) is 2. The highest BCUT2D eigenvalue weighted by Crippen LogP contribution is 2.15. The van der Waals surface area contributed by atoms with Crippen molar-refractivity contribution in [1.29, 1.82) is 0 Å². The van der Waals surface area contributed by atoms with Gasteiger partial charge < -0.3 is 22.1 Å². The highest BCUT2D eigenvalue weighted by atomic mass is 16.2. The van der Waals surface area contributed by atoms with Crippen LogP contribution in [0.5, 0.6) is 0 Å². The minimum absolute atomic E-state index is 0.153. The molecule has 1 rings (SSSR count). The lowest BCUT2D eigenvalue weighted by atomic mass is 10.2. The van der Waals surface area contributed by atoms with E-state index in [1.807, 2.05) is 0 Å². The molecule has 0 saturated carbocycles. The molecule has 92 valence electrons. The molecule has 1 aromatic heterocycles. The molecule has 1 heterocycles. The molecule has 1 aromatic rings. The quantitative estimate of drug-likeness (QED) is 0.552. The van der Waals surface area contributed by atoms with Gasteiger partial charge in [-0.3, -0.25) is 9.59 Å². The zero-order chi connectivity index (χ0) is 13.0. The minimum atomic E-state index is -0.656. The summed E-state index contributed by atoms with van der Waals surface area (Å²) < 4.78 is 0. The molecule has 7 heteroatoms. The van der Waals surface area contributed by atoms with E-state index < -0.39 is 11.9 Å². The van der Waals surface area contributed by atoms with Gasteiger partial charge in [-0.25, -0.2) is 4.98 Å². The summed E-state index contributed by atoms with van der Waals surface area (Å²) in [4.78, 5) is 26.4. The van der Waals surface area contributed by atoms with Crippen molar-refractivity contribution in [1.82, 2.24) is 10.3 Å². The van der Waals surface area contributed by atoms with E-state index in [1.54, 1.807) is 6.92 Å². The maximum atomic E-state index is 11.3. The Balaban J connectivity index is 2.98. The number of nitrogen functional groups attached to an aromatic ring is 1. The van der Waals surface area contributed by atoms with E-state index in [0.29, 0.717) is 5.69 Å². The van der Waals surface area contributed by atoms with E-state index in [9.17, 15) is 9.59 Å². The SMILES string of the molecule is CNC(=O)C(C)Nc1ncc(N)cc1C(N)=O. The Bertz CT molecular complexity index is 446. The summed E-state index contributed by atoms with van der Waals surface area (Å²) in [5.41, 5.74) is 11.2. The van der Waals surface area contributed by atoms with E-state index in [1.165, 1.54) is 19.3 Å². The molecule has 0 aliphatic rings. The number of amides is 2. The Morgan fingerprint density at radius 1 is 1.47 bits per heavy atom. The van der Waals surface area contributed by atoms with Crippen molar-refractivity contribution in [2.45, 2.75) is 13.0 Å². The number of primary amides is 1. The summed E-state index contributed by atoms with van der Waals surface area (Å²) in [6, 6.07) is 0.878. The van der Waals surface area contributed by atoms with Crippen LogP contribution in [0.3, 0.4) is 0 Å². The van der Waals surface area contributed by atoms with E-state index in [2.05, 4.69) is 15.6 Å². The molecular formula is C10H15N5O2. The van der Waals surface area contributed by atoms with Crippen molar-refractivity contribution in [3.05, 3.63) is 17.8 Å². The molecule has 0 saturated heterocycles. The van der Waals surface area contributed by atoms with E-state index >= 15 is 0 Å². The molecule has 0 aliphatic carbocycles. The average molecular weight is 237 g/mol. The molecule has 1 unspecified atom stereocenters. The molecule has 17 heavy (non-hydrogen) atoms. The Hall–Kier alpha value is -2.31. The molecule has 7 nitrogen and oxygen atoms in total. The molecule has 0 fully saturated rings. The minimum Gasteiger partial charge on any atom is -0.397 e. The van der Waals surface area contributed by atoms with E-state index in [-0.39, 0.29) is 17.3 Å². The first-order chi connectivity index (χ1) is 7.95. The van der Waals surface area contributed by atoms with Gasteiger partial charge in [0.2, 0.25) is 5.91 Å². The molecular weight excluding hydrogens is 222 g/mol. The fraction of sp³-hybridized carbons (Fsp3) is 0.300. The second-order valence-electron chi connectivity index (χ2n) is 3.51. The monoisotopic (exact) mass is 237 g/mol. The van der Waals surface area contributed by atoms with Crippen molar-refractivity contribution in [3.63, 3.8) is 0 Å². The maximum Gasteiger partial charge on any atom is 0.252 e. The van der Waals surface area contributed by atoms with Gasteiger partial charge in [0.15, 0.2) is 0 Å². The van der Waals surface area contributed by atoms with Crippen LogP contribution in [0, 0.1) is 0 Å². The van der Waals surface area contributed by atoms with Crippen LogP contribution in [-0.2, 0) is 4.79 Å². The number of aromatic nitrogens is 1. The van der Waals surface area contributed by atoms with Crippen LogP contribution in [0.25, 0.3) is 0 Å². The van der Waals surface area contributed by atoms with Crippen LogP contribution < -0.4 is 22.1 Å². The number of hydrogen-bond donors (Lipinski definition) is 4. The van der Waals surface area contributed by atoms with Gasteiger partial charge >= 0.3 is 0 Å². The first-order valence-corrected chi connectivity index (χ1v) is 4.99. The summed E-state index contributed by atoms with van der Waals surface area (Å²) >= 11 is 0. The number of nitrogens with zero attached hydrogens (tertiary/aromatic N) is 1. The molecule has 6 N–H and O–H groups in total. The first kappa shape index (κ1) is 12.8. The zero-order valence-corrected chi connectivity index (χ0v) is 9.65. The lowest BCUT2D eigenvalue weighted by Gasteiger charge is -2.14. The molecule has 0 aromatic carbocycles. The zero-order valence-electron chi connectivity index (χ0n) is 9.65. The van der Waals surface area contributed by atoms with Gasteiger partial charge in [0.25, 0.3) is 5.91 Å². The summed E-state index contributed by atoms with van der Waals surface area (Å²) in [6.45, 7) is 1.64. The third-order valence-electron chi connectivity index (χ3n) is 2.17. The van der Waals surface area contributed by atoms with Crippen LogP contribution in [-0.4, -0.2) is 29.9 Å². The molecule has 0 spiro atoms. The molecule has 0 radical (unpaired) electrons. The second kappa shape index (κ2) is 5.15. The van der Waals surface area contributed by atoms with Gasteiger partial charge in [-0.15, -0.1) is 0 Å². The summed E-state index contributed by atoms with van der Waals surface area (Å²) in [5.74, 6) is -0.641. The van der Waals surface area contributed by atoms with Crippen molar-refractivity contribution in [3.8, 4) is 0 Å². The van der Waals surface area contributed by atoms with Gasteiger partial charge in [-0.1, -0.05) is 0 Å². The Labute approximate surface area is 98.6 Å². The maximum absolute atomic E-state index is 11.3. The van der Waals surface area contributed by atoms with Gasteiger partial charge in [0.1, 0.15) is 11.9 Å². The standard InChI is InChI=1S/C10H15N5O2/c1-5(10(17)13-2)15-9-7(8(12)16)3-6(11)4-14-9/h3-5H,11H2,1-2H3,(H2,12,16)(H,13,17)(H,14,15). The Kier molecular flexibility index (Phi) is 3.86. The lowest BCUT2D eigenvalue weighted by Crippen LogP contribution is -2.36. The number of nitrogens with two attached hydrogens (primary N) is 2. The fourth-order valence-corrected chi connectivity index (χ4v) is 1.27. The number of hydrogen-bond acceptors (Lipinski definition) is 5. The number of carbonyl (C=O) groups is 2. The van der Waals surface area contributed by atoms with Gasteiger partial charge in [-0.2, -0.15) is 0 Å². The van der Waals surface area contributed by atoms with Gasteiger partial charge in [0, 0.05) is 7.05 Å². The third kappa shape index (κ3) is 3.07. The van der Waals surface area contributed by atoms with Crippen molar-refractivity contribution in [2.75, 3.05) is 18.1 Å². The number of pyridine rings is 1. The lowest BCUT2D eigenvalue weighted by molar-refractivity contribution is -0.121. The summed E-state index contributed by atoms with van der Waals surface area (Å²) in [7, 11) is 1.52. The number of carbonyl (C=O) groups excluding carboxylic acids is 2. The normalized spacial score (nSPS) is 11.6.